The van der Waals surface area contributed by atoms with E-state index in [1.807, 2.05) is 0 Å². The molecule has 0 radical (unpaired) electrons. The van der Waals surface area contributed by atoms with Crippen LogP contribution in [0.2, 0.25) is 5.02 Å². The molecule has 1 amide bonds. The van der Waals surface area contributed by atoms with Crippen LogP contribution in [-0.2, 0) is 4.79 Å². The quantitative estimate of drug-likeness (QED) is 0.737. The molecular formula is C12H12ClNO6. The van der Waals surface area contributed by atoms with Crippen LogP contribution in [-0.4, -0.2) is 41.5 Å². The van der Waals surface area contributed by atoms with E-state index < -0.39 is 17.9 Å². The number of halogens is 1. The lowest BCUT2D eigenvalue weighted by atomic mass is 10.1. The van der Waals surface area contributed by atoms with Gasteiger partial charge in [-0.1, -0.05) is 11.6 Å². The lowest BCUT2D eigenvalue weighted by molar-refractivity contribution is -0.139. The van der Waals surface area contributed by atoms with Crippen molar-refractivity contribution in [1.82, 2.24) is 5.32 Å². The highest BCUT2D eigenvalue weighted by atomic mass is 35.5. The largest absolute Gasteiger partial charge is 0.480 e. The Morgan fingerprint density at radius 2 is 2.15 bits per heavy atom. The molecule has 108 valence electrons. The monoisotopic (exact) mass is 301 g/mol. The van der Waals surface area contributed by atoms with E-state index >= 15 is 0 Å². The second kappa shape index (κ2) is 5.98. The van der Waals surface area contributed by atoms with Gasteiger partial charge in [0, 0.05) is 18.6 Å². The van der Waals surface area contributed by atoms with Gasteiger partial charge >= 0.3 is 5.97 Å². The molecule has 0 spiro atoms. The van der Waals surface area contributed by atoms with E-state index in [1.165, 1.54) is 12.1 Å². The minimum atomic E-state index is -1.22. The van der Waals surface area contributed by atoms with Crippen molar-refractivity contribution >= 4 is 23.5 Å². The second-order valence-corrected chi connectivity index (χ2v) is 4.48. The lowest BCUT2D eigenvalue weighted by Crippen LogP contribution is -2.41. The summed E-state index contributed by atoms with van der Waals surface area (Å²) in [6, 6.07) is 1.61. The van der Waals surface area contributed by atoms with Crippen LogP contribution in [0.4, 0.5) is 0 Å². The maximum Gasteiger partial charge on any atom is 0.326 e. The van der Waals surface area contributed by atoms with Crippen LogP contribution in [0.15, 0.2) is 12.1 Å². The molecule has 20 heavy (non-hydrogen) atoms. The molecule has 3 N–H and O–H groups in total. The van der Waals surface area contributed by atoms with Crippen molar-refractivity contribution < 1.29 is 29.3 Å². The number of aliphatic hydroxyl groups excluding tert-OH is 1. The van der Waals surface area contributed by atoms with Gasteiger partial charge in [0.15, 0.2) is 11.5 Å². The zero-order valence-electron chi connectivity index (χ0n) is 10.3. The number of ether oxygens (including phenoxy) is 2. The number of carboxylic acid groups (broad SMARTS) is 1. The Balaban J connectivity index is 2.17. The summed E-state index contributed by atoms with van der Waals surface area (Å²) in [5, 5.41) is 20.2. The molecule has 7 nitrogen and oxygen atoms in total. The Kier molecular flexibility index (Phi) is 4.31. The average Bonchev–Trinajstić information content (AvgIpc) is 2.86. The molecule has 1 aliphatic rings. The highest BCUT2D eigenvalue weighted by Gasteiger charge is 2.24. The van der Waals surface area contributed by atoms with Gasteiger partial charge < -0.3 is 25.0 Å². The highest BCUT2D eigenvalue weighted by molar-refractivity contribution is 6.32. The molecule has 0 unspecified atom stereocenters. The Morgan fingerprint density at radius 1 is 1.40 bits per heavy atom. The predicted octanol–water partition coefficient (Wildman–Crippen LogP) is 0.634. The number of hydrogen-bond acceptors (Lipinski definition) is 5. The molecule has 0 fully saturated rings. The summed E-state index contributed by atoms with van der Waals surface area (Å²) in [6.07, 6.45) is -0.0840. The fraction of sp³-hybridized carbons (Fsp3) is 0.333. The zero-order chi connectivity index (χ0) is 14.7. The van der Waals surface area contributed by atoms with Crippen molar-refractivity contribution in [2.45, 2.75) is 12.5 Å². The van der Waals surface area contributed by atoms with E-state index in [-0.39, 0.29) is 30.4 Å². The highest BCUT2D eigenvalue weighted by Crippen LogP contribution is 2.39. The first-order valence-electron chi connectivity index (χ1n) is 5.76. The number of amides is 1. The lowest BCUT2D eigenvalue weighted by Gasteiger charge is -2.13. The molecule has 0 saturated carbocycles. The minimum absolute atomic E-state index is 0.0163. The number of benzene rings is 1. The van der Waals surface area contributed by atoms with Crippen molar-refractivity contribution in [3.8, 4) is 11.5 Å². The van der Waals surface area contributed by atoms with Crippen molar-refractivity contribution in [2.75, 3.05) is 13.4 Å². The SMILES string of the molecule is O=C(N[C@@H](CCO)C(=O)O)c1cc(Cl)c2c(c1)OCO2. The predicted molar refractivity (Wildman–Crippen MR) is 68.2 cm³/mol. The fourth-order valence-corrected chi connectivity index (χ4v) is 1.99. The molecule has 0 bridgehead atoms. The molecule has 0 saturated heterocycles. The zero-order valence-corrected chi connectivity index (χ0v) is 11.0. The molecule has 1 heterocycles. The molecular weight excluding hydrogens is 290 g/mol. The van der Waals surface area contributed by atoms with Gasteiger partial charge in [0.2, 0.25) is 6.79 Å². The summed E-state index contributed by atoms with van der Waals surface area (Å²) in [4.78, 5) is 22.9. The summed E-state index contributed by atoms with van der Waals surface area (Å²) in [5.74, 6) is -1.16. The molecule has 8 heteroatoms. The van der Waals surface area contributed by atoms with E-state index in [4.69, 9.17) is 31.3 Å². The third-order valence-electron chi connectivity index (χ3n) is 2.71. The van der Waals surface area contributed by atoms with Crippen LogP contribution in [0.5, 0.6) is 11.5 Å². The topological polar surface area (TPSA) is 105 Å². The Labute approximate surface area is 119 Å². The summed E-state index contributed by atoms with van der Waals surface area (Å²) >= 11 is 5.94. The van der Waals surface area contributed by atoms with E-state index in [0.29, 0.717) is 11.5 Å². The van der Waals surface area contributed by atoms with E-state index in [0.717, 1.165) is 0 Å². The Hall–Kier alpha value is -1.99. The number of fused-ring (bicyclic) bond motifs is 1. The second-order valence-electron chi connectivity index (χ2n) is 4.07. The van der Waals surface area contributed by atoms with Crippen LogP contribution in [0.1, 0.15) is 16.8 Å². The van der Waals surface area contributed by atoms with Crippen molar-refractivity contribution in [2.24, 2.45) is 0 Å². The van der Waals surface area contributed by atoms with Crippen molar-refractivity contribution in [3.63, 3.8) is 0 Å². The van der Waals surface area contributed by atoms with Gasteiger partial charge in [0.05, 0.1) is 5.02 Å². The third-order valence-corrected chi connectivity index (χ3v) is 2.99. The number of hydrogen-bond donors (Lipinski definition) is 3. The minimum Gasteiger partial charge on any atom is -0.480 e. The normalized spacial score (nSPS) is 13.9. The van der Waals surface area contributed by atoms with Gasteiger partial charge in [-0.05, 0) is 12.1 Å². The molecule has 0 aromatic heterocycles. The first-order valence-corrected chi connectivity index (χ1v) is 6.14. The molecule has 1 aromatic carbocycles. The summed E-state index contributed by atoms with van der Waals surface area (Å²) in [7, 11) is 0. The fourth-order valence-electron chi connectivity index (χ4n) is 1.73. The molecule has 2 rings (SSSR count). The number of aliphatic hydroxyl groups is 1. The standard InChI is InChI=1S/C12H12ClNO6/c13-7-3-6(4-9-10(7)20-5-19-9)11(16)14-8(1-2-15)12(17)18/h3-4,8,15H,1-2,5H2,(H,14,16)(H,17,18)/t8-/m0/s1. The first kappa shape index (κ1) is 14.4. The third kappa shape index (κ3) is 2.94. The number of rotatable bonds is 5. The van der Waals surface area contributed by atoms with Crippen molar-refractivity contribution in [1.29, 1.82) is 0 Å². The van der Waals surface area contributed by atoms with Gasteiger partial charge in [0.1, 0.15) is 6.04 Å². The van der Waals surface area contributed by atoms with Gasteiger partial charge in [-0.3, -0.25) is 4.79 Å². The smallest absolute Gasteiger partial charge is 0.326 e. The van der Waals surface area contributed by atoms with Crippen LogP contribution < -0.4 is 14.8 Å². The number of aliphatic carboxylic acids is 1. The van der Waals surface area contributed by atoms with E-state index in [2.05, 4.69) is 5.32 Å². The number of carbonyl (C=O) groups excluding carboxylic acids is 1. The van der Waals surface area contributed by atoms with E-state index in [1.54, 1.807) is 0 Å². The summed E-state index contributed by atoms with van der Waals surface area (Å²) < 4.78 is 10.2. The summed E-state index contributed by atoms with van der Waals surface area (Å²) in [6.45, 7) is -0.332. The van der Waals surface area contributed by atoms with Crippen molar-refractivity contribution in [3.05, 3.63) is 22.7 Å². The average molecular weight is 302 g/mol. The van der Waals surface area contributed by atoms with Gasteiger partial charge in [-0.15, -0.1) is 0 Å². The Morgan fingerprint density at radius 3 is 2.80 bits per heavy atom. The van der Waals surface area contributed by atoms with Crippen LogP contribution in [0, 0.1) is 0 Å². The Bertz CT molecular complexity index is 547. The number of carbonyl (C=O) groups is 2. The maximum absolute atomic E-state index is 12.0. The number of nitrogens with one attached hydrogen (secondary N) is 1. The maximum atomic E-state index is 12.0. The van der Waals surface area contributed by atoms with Crippen LogP contribution in [0.3, 0.4) is 0 Å². The molecule has 1 aromatic rings. The summed E-state index contributed by atoms with van der Waals surface area (Å²) in [5.41, 5.74) is 0.156. The van der Waals surface area contributed by atoms with Crippen LogP contribution in [0.25, 0.3) is 0 Å². The number of carboxylic acids is 1. The van der Waals surface area contributed by atoms with Crippen LogP contribution >= 0.6 is 11.6 Å². The molecule has 1 atom stereocenters. The first-order chi connectivity index (χ1) is 9.52. The van der Waals surface area contributed by atoms with Gasteiger partial charge in [0.25, 0.3) is 5.91 Å². The molecule has 1 aliphatic heterocycles. The van der Waals surface area contributed by atoms with E-state index in [9.17, 15) is 9.59 Å². The van der Waals surface area contributed by atoms with Gasteiger partial charge in [-0.2, -0.15) is 0 Å². The molecule has 0 aliphatic carbocycles. The van der Waals surface area contributed by atoms with Gasteiger partial charge in [-0.25, -0.2) is 4.79 Å².